The first-order valence-electron chi connectivity index (χ1n) is 5.99. The molecule has 0 aromatic carbocycles. The smallest absolute Gasteiger partial charge is 0.0931 e. The van der Waals surface area contributed by atoms with E-state index in [2.05, 4.69) is 44.3 Å². The monoisotopic (exact) mass is 299 g/mol. The van der Waals surface area contributed by atoms with Gasteiger partial charge in [0.2, 0.25) is 0 Å². The van der Waals surface area contributed by atoms with Gasteiger partial charge in [0.1, 0.15) is 0 Å². The normalized spacial score (nSPS) is 12.0. The molecule has 0 saturated carbocycles. The van der Waals surface area contributed by atoms with E-state index < -0.39 is 0 Å². The maximum Gasteiger partial charge on any atom is 0.0931 e. The molecule has 2 aromatic heterocycles. The van der Waals surface area contributed by atoms with E-state index in [4.69, 9.17) is 11.6 Å². The van der Waals surface area contributed by atoms with Crippen molar-refractivity contribution < 1.29 is 0 Å². The van der Waals surface area contributed by atoms with Gasteiger partial charge in [-0.3, -0.25) is 0 Å². The Morgan fingerprint density at radius 1 is 1.00 bits per heavy atom. The SMILES string of the molecule is CC(C)(C)c1ccc(CNCc2ccc(Cl)s2)s1. The van der Waals surface area contributed by atoms with Crippen LogP contribution in [0.1, 0.15) is 35.4 Å². The Labute approximate surface area is 122 Å². The number of halogens is 1. The summed E-state index contributed by atoms with van der Waals surface area (Å²) in [6.45, 7) is 8.58. The van der Waals surface area contributed by atoms with Crippen LogP contribution in [0.25, 0.3) is 0 Å². The summed E-state index contributed by atoms with van der Waals surface area (Å²) in [5.41, 5.74) is 0.254. The van der Waals surface area contributed by atoms with Crippen molar-refractivity contribution >= 4 is 34.3 Å². The minimum Gasteiger partial charge on any atom is -0.307 e. The van der Waals surface area contributed by atoms with Crippen LogP contribution in [0, 0.1) is 0 Å². The molecule has 0 bridgehead atoms. The third-order valence-corrected chi connectivity index (χ3v) is 5.37. The highest BCUT2D eigenvalue weighted by Crippen LogP contribution is 2.29. The van der Waals surface area contributed by atoms with E-state index in [0.29, 0.717) is 0 Å². The van der Waals surface area contributed by atoms with Crippen molar-refractivity contribution in [3.05, 3.63) is 43.2 Å². The zero-order chi connectivity index (χ0) is 13.2. The van der Waals surface area contributed by atoms with E-state index in [1.807, 2.05) is 17.4 Å². The van der Waals surface area contributed by atoms with Crippen molar-refractivity contribution in [2.45, 2.75) is 39.3 Å². The maximum atomic E-state index is 5.90. The van der Waals surface area contributed by atoms with Crippen molar-refractivity contribution in [1.29, 1.82) is 0 Å². The van der Waals surface area contributed by atoms with Gasteiger partial charge in [-0.15, -0.1) is 22.7 Å². The Kier molecular flexibility index (Phi) is 4.49. The number of nitrogens with one attached hydrogen (secondary N) is 1. The van der Waals surface area contributed by atoms with Crippen LogP contribution in [0.4, 0.5) is 0 Å². The van der Waals surface area contributed by atoms with Gasteiger partial charge in [-0.25, -0.2) is 0 Å². The van der Waals surface area contributed by atoms with Gasteiger partial charge < -0.3 is 5.32 Å². The molecule has 2 aromatic rings. The molecule has 0 spiro atoms. The first kappa shape index (κ1) is 14.1. The van der Waals surface area contributed by atoms with Crippen LogP contribution in [0.3, 0.4) is 0 Å². The quantitative estimate of drug-likeness (QED) is 0.833. The minimum absolute atomic E-state index is 0.254. The first-order chi connectivity index (χ1) is 8.45. The summed E-state index contributed by atoms with van der Waals surface area (Å²) >= 11 is 9.44. The average molecular weight is 300 g/mol. The van der Waals surface area contributed by atoms with E-state index in [1.54, 1.807) is 11.3 Å². The van der Waals surface area contributed by atoms with Gasteiger partial charge >= 0.3 is 0 Å². The van der Waals surface area contributed by atoms with Crippen LogP contribution in [0.2, 0.25) is 4.34 Å². The largest absolute Gasteiger partial charge is 0.307 e. The molecule has 4 heteroatoms. The van der Waals surface area contributed by atoms with Gasteiger partial charge in [0, 0.05) is 27.7 Å². The predicted octanol–water partition coefficient (Wildman–Crippen LogP) is 5.05. The summed E-state index contributed by atoms with van der Waals surface area (Å²) in [7, 11) is 0. The molecule has 0 radical (unpaired) electrons. The molecule has 1 N–H and O–H groups in total. The number of hydrogen-bond donors (Lipinski definition) is 1. The molecule has 0 aliphatic rings. The van der Waals surface area contributed by atoms with E-state index in [9.17, 15) is 0 Å². The Bertz CT molecular complexity index is 508. The van der Waals surface area contributed by atoms with E-state index in [-0.39, 0.29) is 5.41 Å². The molecular weight excluding hydrogens is 282 g/mol. The lowest BCUT2D eigenvalue weighted by Crippen LogP contribution is -2.10. The van der Waals surface area contributed by atoms with E-state index in [1.165, 1.54) is 14.6 Å². The highest BCUT2D eigenvalue weighted by Gasteiger charge is 2.15. The second-order valence-corrected chi connectivity index (χ2v) is 8.29. The molecule has 0 amide bonds. The molecule has 98 valence electrons. The van der Waals surface area contributed by atoms with Gasteiger partial charge in [-0.1, -0.05) is 32.4 Å². The third-order valence-electron chi connectivity index (χ3n) is 2.63. The summed E-state index contributed by atoms with van der Waals surface area (Å²) in [6, 6.07) is 8.49. The van der Waals surface area contributed by atoms with E-state index >= 15 is 0 Å². The van der Waals surface area contributed by atoms with Gasteiger partial charge in [0.05, 0.1) is 4.34 Å². The standard InChI is InChI=1S/C14H18ClNS2/c1-14(2,3)12-6-4-10(17-12)8-16-9-11-5-7-13(15)18-11/h4-7,16H,8-9H2,1-3H3. The maximum absolute atomic E-state index is 5.90. The average Bonchev–Trinajstić information content (AvgIpc) is 2.87. The zero-order valence-corrected chi connectivity index (χ0v) is 13.3. The first-order valence-corrected chi connectivity index (χ1v) is 8.00. The molecule has 0 aliphatic carbocycles. The van der Waals surface area contributed by atoms with Crippen molar-refractivity contribution in [3.63, 3.8) is 0 Å². The number of thiophene rings is 2. The lowest BCUT2D eigenvalue weighted by molar-refractivity contribution is 0.604. The van der Waals surface area contributed by atoms with Crippen molar-refractivity contribution in [1.82, 2.24) is 5.32 Å². The van der Waals surface area contributed by atoms with Crippen LogP contribution < -0.4 is 5.32 Å². The molecule has 0 unspecified atom stereocenters. The highest BCUT2D eigenvalue weighted by molar-refractivity contribution is 7.16. The molecule has 18 heavy (non-hydrogen) atoms. The van der Waals surface area contributed by atoms with Crippen LogP contribution >= 0.6 is 34.3 Å². The summed E-state index contributed by atoms with van der Waals surface area (Å²) in [5.74, 6) is 0. The molecule has 0 saturated heterocycles. The van der Waals surface area contributed by atoms with E-state index in [0.717, 1.165) is 17.4 Å². The molecule has 1 nitrogen and oxygen atoms in total. The molecular formula is C14H18ClNS2. The molecule has 0 aliphatic heterocycles. The minimum atomic E-state index is 0.254. The fourth-order valence-electron chi connectivity index (χ4n) is 1.63. The van der Waals surface area contributed by atoms with Crippen molar-refractivity contribution in [3.8, 4) is 0 Å². The highest BCUT2D eigenvalue weighted by atomic mass is 35.5. The van der Waals surface area contributed by atoms with Gasteiger partial charge in [-0.2, -0.15) is 0 Å². The number of rotatable bonds is 4. The fraction of sp³-hybridized carbons (Fsp3) is 0.429. The molecule has 2 heterocycles. The summed E-state index contributed by atoms with van der Waals surface area (Å²) in [4.78, 5) is 4.12. The second kappa shape index (κ2) is 5.74. The van der Waals surface area contributed by atoms with Crippen LogP contribution in [0.15, 0.2) is 24.3 Å². The Hall–Kier alpha value is -0.350. The summed E-state index contributed by atoms with van der Waals surface area (Å²) in [5, 5.41) is 3.46. The molecule has 0 fully saturated rings. The van der Waals surface area contributed by atoms with Crippen molar-refractivity contribution in [2.75, 3.05) is 0 Å². The topological polar surface area (TPSA) is 12.0 Å². The van der Waals surface area contributed by atoms with Gasteiger partial charge in [-0.05, 0) is 29.7 Å². The molecule has 2 rings (SSSR count). The molecule has 0 atom stereocenters. The fourth-order valence-corrected chi connectivity index (χ4v) is 3.72. The van der Waals surface area contributed by atoms with Crippen LogP contribution in [-0.4, -0.2) is 0 Å². The Morgan fingerprint density at radius 3 is 2.11 bits per heavy atom. The second-order valence-electron chi connectivity index (χ2n) is 5.33. The summed E-state index contributed by atoms with van der Waals surface area (Å²) < 4.78 is 0.859. The lowest BCUT2D eigenvalue weighted by Gasteiger charge is -2.15. The number of hydrogen-bond acceptors (Lipinski definition) is 3. The Balaban J connectivity index is 1.85. The third kappa shape index (κ3) is 3.82. The van der Waals surface area contributed by atoms with Crippen LogP contribution in [0.5, 0.6) is 0 Å². The van der Waals surface area contributed by atoms with Gasteiger partial charge in [0.15, 0.2) is 0 Å². The zero-order valence-electron chi connectivity index (χ0n) is 10.9. The Morgan fingerprint density at radius 2 is 1.61 bits per heavy atom. The predicted molar refractivity (Wildman–Crippen MR) is 82.9 cm³/mol. The summed E-state index contributed by atoms with van der Waals surface area (Å²) in [6.07, 6.45) is 0. The van der Waals surface area contributed by atoms with Crippen molar-refractivity contribution in [2.24, 2.45) is 0 Å². The van der Waals surface area contributed by atoms with Crippen LogP contribution in [-0.2, 0) is 18.5 Å². The lowest BCUT2D eigenvalue weighted by atomic mass is 9.95. The van der Waals surface area contributed by atoms with Gasteiger partial charge in [0.25, 0.3) is 0 Å².